The van der Waals surface area contributed by atoms with Crippen molar-refractivity contribution < 1.29 is 9.90 Å². The lowest BCUT2D eigenvalue weighted by atomic mass is 10.1. The van der Waals surface area contributed by atoms with Crippen molar-refractivity contribution in [3.63, 3.8) is 0 Å². The van der Waals surface area contributed by atoms with Gasteiger partial charge in [0.05, 0.1) is 11.4 Å². The van der Waals surface area contributed by atoms with Crippen LogP contribution in [0.3, 0.4) is 0 Å². The second kappa shape index (κ2) is 6.02. The van der Waals surface area contributed by atoms with E-state index >= 15 is 0 Å². The molecule has 0 spiro atoms. The lowest BCUT2D eigenvalue weighted by Crippen LogP contribution is -2.00. The summed E-state index contributed by atoms with van der Waals surface area (Å²) in [6.45, 7) is 0.140. The summed E-state index contributed by atoms with van der Waals surface area (Å²) in [5, 5.41) is 12.0. The van der Waals surface area contributed by atoms with E-state index in [1.54, 1.807) is 12.1 Å². The predicted molar refractivity (Wildman–Crippen MR) is 76.8 cm³/mol. The standard InChI is InChI=1S/C15H16N2O2/c16-15-12(10-19)2-1-3-14(15)17-13-6-4-11(5-7-13)8-9-18/h1-7,10,17-18H,8-9,16H2. The van der Waals surface area contributed by atoms with Gasteiger partial charge in [-0.3, -0.25) is 4.79 Å². The van der Waals surface area contributed by atoms with E-state index in [0.717, 1.165) is 17.5 Å². The lowest BCUT2D eigenvalue weighted by Gasteiger charge is -2.11. The number of para-hydroxylation sites is 1. The van der Waals surface area contributed by atoms with E-state index < -0.39 is 0 Å². The van der Waals surface area contributed by atoms with Crippen LogP contribution in [0.2, 0.25) is 0 Å². The van der Waals surface area contributed by atoms with Crippen molar-refractivity contribution in [2.45, 2.75) is 6.42 Å². The average molecular weight is 256 g/mol. The van der Waals surface area contributed by atoms with Gasteiger partial charge in [-0.15, -0.1) is 0 Å². The molecular formula is C15H16N2O2. The van der Waals surface area contributed by atoms with Crippen LogP contribution in [0, 0.1) is 0 Å². The zero-order chi connectivity index (χ0) is 13.7. The van der Waals surface area contributed by atoms with Gasteiger partial charge in [0.15, 0.2) is 6.29 Å². The van der Waals surface area contributed by atoms with Gasteiger partial charge in [0, 0.05) is 17.9 Å². The van der Waals surface area contributed by atoms with Gasteiger partial charge >= 0.3 is 0 Å². The van der Waals surface area contributed by atoms with Crippen LogP contribution in [0.5, 0.6) is 0 Å². The molecule has 0 saturated carbocycles. The van der Waals surface area contributed by atoms with Crippen LogP contribution in [0.1, 0.15) is 15.9 Å². The van der Waals surface area contributed by atoms with E-state index in [1.807, 2.05) is 30.3 Å². The van der Waals surface area contributed by atoms with E-state index in [4.69, 9.17) is 10.8 Å². The molecule has 4 N–H and O–H groups in total. The largest absolute Gasteiger partial charge is 0.396 e. The molecule has 0 aliphatic heterocycles. The number of nitrogens with two attached hydrogens (primary N) is 1. The second-order valence-electron chi connectivity index (χ2n) is 4.22. The summed E-state index contributed by atoms with van der Waals surface area (Å²) >= 11 is 0. The number of aldehydes is 1. The molecule has 0 fully saturated rings. The number of hydrogen-bond acceptors (Lipinski definition) is 4. The normalized spacial score (nSPS) is 10.2. The van der Waals surface area contributed by atoms with Gasteiger partial charge in [-0.2, -0.15) is 0 Å². The molecule has 0 aromatic heterocycles. The number of carbonyl (C=O) groups is 1. The quantitative estimate of drug-likeness (QED) is 0.567. The molecule has 0 amide bonds. The highest BCUT2D eigenvalue weighted by Gasteiger charge is 2.04. The fourth-order valence-corrected chi connectivity index (χ4v) is 1.83. The first-order chi connectivity index (χ1) is 9.24. The number of aliphatic hydroxyl groups excluding tert-OH is 1. The maximum absolute atomic E-state index is 10.8. The maximum atomic E-state index is 10.8. The van der Waals surface area contributed by atoms with Crippen LogP contribution in [-0.4, -0.2) is 18.0 Å². The molecule has 4 nitrogen and oxygen atoms in total. The zero-order valence-corrected chi connectivity index (χ0v) is 10.5. The number of rotatable bonds is 5. The fraction of sp³-hybridized carbons (Fsp3) is 0.133. The van der Waals surface area contributed by atoms with Crippen molar-refractivity contribution in [3.05, 3.63) is 53.6 Å². The molecule has 4 heteroatoms. The summed E-state index contributed by atoms with van der Waals surface area (Å²) in [6, 6.07) is 13.0. The predicted octanol–water partition coefficient (Wildman–Crippen LogP) is 2.36. The molecule has 19 heavy (non-hydrogen) atoms. The summed E-state index contributed by atoms with van der Waals surface area (Å²) in [5.74, 6) is 0. The Morgan fingerprint density at radius 3 is 2.53 bits per heavy atom. The molecule has 2 aromatic rings. The molecule has 0 radical (unpaired) electrons. The highest BCUT2D eigenvalue weighted by molar-refractivity contribution is 5.90. The van der Waals surface area contributed by atoms with Crippen molar-refractivity contribution in [1.82, 2.24) is 0 Å². The summed E-state index contributed by atoms with van der Waals surface area (Å²) in [4.78, 5) is 10.8. The Balaban J connectivity index is 2.19. The third-order valence-corrected chi connectivity index (χ3v) is 2.90. The molecule has 2 rings (SSSR count). The highest BCUT2D eigenvalue weighted by Crippen LogP contribution is 2.25. The van der Waals surface area contributed by atoms with Gasteiger partial charge in [-0.1, -0.05) is 18.2 Å². The Morgan fingerprint density at radius 1 is 1.16 bits per heavy atom. The Hall–Kier alpha value is -2.33. The minimum atomic E-state index is 0.140. The van der Waals surface area contributed by atoms with Crippen LogP contribution in [-0.2, 0) is 6.42 Å². The highest BCUT2D eigenvalue weighted by atomic mass is 16.2. The Morgan fingerprint density at radius 2 is 1.89 bits per heavy atom. The van der Waals surface area contributed by atoms with Crippen molar-refractivity contribution in [1.29, 1.82) is 0 Å². The summed E-state index contributed by atoms with van der Waals surface area (Å²) in [7, 11) is 0. The minimum absolute atomic E-state index is 0.140. The average Bonchev–Trinajstić information content (AvgIpc) is 2.43. The number of aliphatic hydroxyl groups is 1. The zero-order valence-electron chi connectivity index (χ0n) is 10.5. The summed E-state index contributed by atoms with van der Waals surface area (Å²) < 4.78 is 0. The van der Waals surface area contributed by atoms with Crippen molar-refractivity contribution in [3.8, 4) is 0 Å². The SMILES string of the molecule is Nc1c(C=O)cccc1Nc1ccc(CCO)cc1. The topological polar surface area (TPSA) is 75.4 Å². The molecule has 0 saturated heterocycles. The van der Waals surface area contributed by atoms with Crippen molar-refractivity contribution in [2.75, 3.05) is 17.7 Å². The van der Waals surface area contributed by atoms with E-state index in [1.165, 1.54) is 0 Å². The van der Waals surface area contributed by atoms with E-state index in [0.29, 0.717) is 23.4 Å². The van der Waals surface area contributed by atoms with Crippen LogP contribution in [0.4, 0.5) is 17.1 Å². The lowest BCUT2D eigenvalue weighted by molar-refractivity contribution is 0.112. The first-order valence-electron chi connectivity index (χ1n) is 6.05. The molecule has 98 valence electrons. The molecule has 0 aliphatic carbocycles. The van der Waals surface area contributed by atoms with Crippen LogP contribution >= 0.6 is 0 Å². The van der Waals surface area contributed by atoms with Gasteiger partial charge in [-0.05, 0) is 36.2 Å². The number of nitrogens with one attached hydrogen (secondary N) is 1. The van der Waals surface area contributed by atoms with Crippen LogP contribution in [0.15, 0.2) is 42.5 Å². The van der Waals surface area contributed by atoms with Gasteiger partial charge in [0.2, 0.25) is 0 Å². The molecule has 0 unspecified atom stereocenters. The Kier molecular flexibility index (Phi) is 4.15. The molecule has 0 heterocycles. The first kappa shape index (κ1) is 13.1. The van der Waals surface area contributed by atoms with Crippen LogP contribution < -0.4 is 11.1 Å². The number of benzene rings is 2. The number of hydrogen-bond donors (Lipinski definition) is 3. The third kappa shape index (κ3) is 3.11. The first-order valence-corrected chi connectivity index (χ1v) is 6.05. The smallest absolute Gasteiger partial charge is 0.152 e. The van der Waals surface area contributed by atoms with Crippen molar-refractivity contribution in [2.24, 2.45) is 0 Å². The number of nitrogen functional groups attached to an aromatic ring is 1. The maximum Gasteiger partial charge on any atom is 0.152 e. The Bertz CT molecular complexity index is 565. The van der Waals surface area contributed by atoms with Gasteiger partial charge in [0.1, 0.15) is 0 Å². The Labute approximate surface area is 111 Å². The van der Waals surface area contributed by atoms with Gasteiger partial charge in [-0.25, -0.2) is 0 Å². The molecule has 0 atom stereocenters. The molecule has 0 bridgehead atoms. The number of carbonyl (C=O) groups excluding carboxylic acids is 1. The van der Waals surface area contributed by atoms with E-state index in [-0.39, 0.29) is 6.61 Å². The monoisotopic (exact) mass is 256 g/mol. The molecular weight excluding hydrogens is 240 g/mol. The van der Waals surface area contributed by atoms with E-state index in [2.05, 4.69) is 5.32 Å². The summed E-state index contributed by atoms with van der Waals surface area (Å²) in [6.07, 6.45) is 1.38. The third-order valence-electron chi connectivity index (χ3n) is 2.90. The minimum Gasteiger partial charge on any atom is -0.396 e. The molecule has 2 aromatic carbocycles. The number of anilines is 3. The van der Waals surface area contributed by atoms with E-state index in [9.17, 15) is 4.79 Å². The second-order valence-corrected chi connectivity index (χ2v) is 4.22. The van der Waals surface area contributed by atoms with Gasteiger partial charge in [0.25, 0.3) is 0 Å². The van der Waals surface area contributed by atoms with Crippen molar-refractivity contribution >= 4 is 23.3 Å². The summed E-state index contributed by atoms with van der Waals surface area (Å²) in [5.41, 5.74) is 9.47. The van der Waals surface area contributed by atoms with Gasteiger partial charge < -0.3 is 16.2 Å². The fourth-order valence-electron chi connectivity index (χ4n) is 1.83. The van der Waals surface area contributed by atoms with Crippen LogP contribution in [0.25, 0.3) is 0 Å². The molecule has 0 aliphatic rings.